The monoisotopic (exact) mass is 193 g/mol. The number of alkyl carbamates (subject to hydrolysis) is 1. The summed E-state index contributed by atoms with van der Waals surface area (Å²) in [6.07, 6.45) is -0.361. The summed E-state index contributed by atoms with van der Waals surface area (Å²) in [5, 5.41) is 11.7. The van der Waals surface area contributed by atoms with E-state index in [1.54, 1.807) is 12.1 Å². The molecule has 0 bridgehead atoms. The molecule has 74 valence electrons. The van der Waals surface area contributed by atoms with E-state index in [1.807, 2.05) is 12.1 Å². The van der Waals surface area contributed by atoms with Crippen LogP contribution in [0.2, 0.25) is 0 Å². The van der Waals surface area contributed by atoms with Crippen molar-refractivity contribution in [2.75, 3.05) is 13.2 Å². The number of carbonyl (C=O) groups is 1. The van der Waals surface area contributed by atoms with Crippen LogP contribution in [0.4, 0.5) is 4.79 Å². The number of ether oxygens (including phenoxy) is 1. The van der Waals surface area contributed by atoms with Gasteiger partial charge < -0.3 is 15.2 Å². The van der Waals surface area contributed by atoms with Gasteiger partial charge in [-0.05, 0) is 17.7 Å². The Morgan fingerprint density at radius 1 is 1.36 bits per heavy atom. The van der Waals surface area contributed by atoms with Crippen molar-refractivity contribution in [1.82, 2.24) is 5.32 Å². The number of hydrogen-bond donors (Lipinski definition) is 2. The molecule has 0 aliphatic carbocycles. The topological polar surface area (TPSA) is 58.6 Å². The molecule has 1 unspecified atom stereocenters. The molecule has 1 aromatic rings. The fourth-order valence-electron chi connectivity index (χ4n) is 1.45. The minimum atomic E-state index is -0.361. The quantitative estimate of drug-likeness (QED) is 0.704. The Bertz CT molecular complexity index is 324. The van der Waals surface area contributed by atoms with Crippen LogP contribution in [0.1, 0.15) is 11.5 Å². The summed E-state index contributed by atoms with van der Waals surface area (Å²) in [6, 6.07) is 6.93. The van der Waals surface area contributed by atoms with Crippen LogP contribution in [-0.2, 0) is 4.74 Å². The molecule has 1 aliphatic heterocycles. The molecule has 14 heavy (non-hydrogen) atoms. The van der Waals surface area contributed by atoms with Gasteiger partial charge in [0.25, 0.3) is 0 Å². The maximum absolute atomic E-state index is 10.7. The first-order valence-electron chi connectivity index (χ1n) is 4.45. The third-order valence-corrected chi connectivity index (χ3v) is 2.27. The van der Waals surface area contributed by atoms with Gasteiger partial charge in [-0.3, -0.25) is 0 Å². The molecule has 2 N–H and O–H groups in total. The van der Waals surface area contributed by atoms with E-state index in [0.29, 0.717) is 13.2 Å². The molecule has 0 spiro atoms. The van der Waals surface area contributed by atoms with Gasteiger partial charge in [0.15, 0.2) is 0 Å². The summed E-state index contributed by atoms with van der Waals surface area (Å²) in [5.74, 6) is 0.419. The van der Waals surface area contributed by atoms with Crippen LogP contribution in [0.15, 0.2) is 24.3 Å². The van der Waals surface area contributed by atoms with E-state index in [4.69, 9.17) is 9.84 Å². The van der Waals surface area contributed by atoms with Gasteiger partial charge >= 0.3 is 6.09 Å². The number of carbonyl (C=O) groups excluding carboxylic acids is 1. The Morgan fingerprint density at radius 2 is 2.07 bits per heavy atom. The third kappa shape index (κ3) is 1.79. The van der Waals surface area contributed by atoms with Crippen molar-refractivity contribution in [3.05, 3.63) is 29.8 Å². The molecule has 1 saturated heterocycles. The van der Waals surface area contributed by atoms with Crippen molar-refractivity contribution >= 4 is 6.09 Å². The van der Waals surface area contributed by atoms with Crippen molar-refractivity contribution in [3.63, 3.8) is 0 Å². The third-order valence-electron chi connectivity index (χ3n) is 2.27. The number of cyclic esters (lactones) is 1. The predicted octanol–water partition coefficient (Wildman–Crippen LogP) is 1.22. The first-order valence-corrected chi connectivity index (χ1v) is 4.45. The van der Waals surface area contributed by atoms with Gasteiger partial charge in [-0.2, -0.15) is 0 Å². The van der Waals surface area contributed by atoms with E-state index in [1.165, 1.54) is 0 Å². The zero-order valence-corrected chi connectivity index (χ0v) is 7.56. The average Bonchev–Trinajstić information content (AvgIpc) is 2.21. The van der Waals surface area contributed by atoms with Crippen LogP contribution in [0.5, 0.6) is 5.75 Å². The molecule has 4 heteroatoms. The minimum absolute atomic E-state index is 0.174. The number of hydrogen-bond acceptors (Lipinski definition) is 3. The Balaban J connectivity index is 2.08. The number of benzene rings is 1. The molecule has 1 fully saturated rings. The van der Waals surface area contributed by atoms with E-state index in [0.717, 1.165) is 5.56 Å². The number of rotatable bonds is 1. The first-order chi connectivity index (χ1) is 6.75. The van der Waals surface area contributed by atoms with E-state index in [-0.39, 0.29) is 17.8 Å². The number of nitrogens with one attached hydrogen (secondary N) is 1. The molecule has 0 aromatic heterocycles. The number of phenolic OH excluding ortho intramolecular Hbond substituents is 1. The van der Waals surface area contributed by atoms with Crippen molar-refractivity contribution in [2.45, 2.75) is 5.92 Å². The second kappa shape index (κ2) is 3.57. The molecule has 0 saturated carbocycles. The second-order valence-corrected chi connectivity index (χ2v) is 3.27. The lowest BCUT2D eigenvalue weighted by Gasteiger charge is -2.22. The molecule has 1 atom stereocenters. The van der Waals surface area contributed by atoms with Gasteiger partial charge in [0.1, 0.15) is 12.4 Å². The fraction of sp³-hybridized carbons (Fsp3) is 0.300. The lowest BCUT2D eigenvalue weighted by Crippen LogP contribution is -2.37. The largest absolute Gasteiger partial charge is 0.508 e. The van der Waals surface area contributed by atoms with Crippen LogP contribution in [0.3, 0.4) is 0 Å². The highest BCUT2D eigenvalue weighted by Crippen LogP contribution is 2.20. The first kappa shape index (κ1) is 8.87. The summed E-state index contributed by atoms with van der Waals surface area (Å²) in [4.78, 5) is 10.7. The highest BCUT2D eigenvalue weighted by atomic mass is 16.6. The Kier molecular flexibility index (Phi) is 2.26. The lowest BCUT2D eigenvalue weighted by atomic mass is 9.99. The maximum atomic E-state index is 10.7. The average molecular weight is 193 g/mol. The van der Waals surface area contributed by atoms with Crippen molar-refractivity contribution in [1.29, 1.82) is 0 Å². The molecular weight excluding hydrogens is 182 g/mol. The molecular formula is C10H11NO3. The van der Waals surface area contributed by atoms with Crippen molar-refractivity contribution < 1.29 is 14.6 Å². The molecule has 1 amide bonds. The molecule has 1 aromatic carbocycles. The normalized spacial score (nSPS) is 21.1. The molecule has 1 heterocycles. The van der Waals surface area contributed by atoms with Crippen molar-refractivity contribution in [2.24, 2.45) is 0 Å². The number of aromatic hydroxyl groups is 1. The zero-order valence-electron chi connectivity index (χ0n) is 7.56. The van der Waals surface area contributed by atoms with Crippen LogP contribution < -0.4 is 5.32 Å². The van der Waals surface area contributed by atoms with Gasteiger partial charge in [-0.25, -0.2) is 4.79 Å². The molecule has 4 nitrogen and oxygen atoms in total. The minimum Gasteiger partial charge on any atom is -0.508 e. The maximum Gasteiger partial charge on any atom is 0.407 e. The summed E-state index contributed by atoms with van der Waals surface area (Å²) in [6.45, 7) is 0.986. The highest BCUT2D eigenvalue weighted by molar-refractivity contribution is 5.68. The molecule has 0 radical (unpaired) electrons. The SMILES string of the molecule is O=C1NCC(c2ccc(O)cc2)CO1. The molecule has 1 aliphatic rings. The Hall–Kier alpha value is -1.71. The number of amides is 1. The van der Waals surface area contributed by atoms with Crippen molar-refractivity contribution in [3.8, 4) is 5.75 Å². The Morgan fingerprint density at radius 3 is 2.64 bits per heavy atom. The van der Waals surface area contributed by atoms with E-state index >= 15 is 0 Å². The second-order valence-electron chi connectivity index (χ2n) is 3.27. The van der Waals surface area contributed by atoms with E-state index in [9.17, 15) is 4.79 Å². The van der Waals surface area contributed by atoms with Gasteiger partial charge in [-0.1, -0.05) is 12.1 Å². The standard InChI is InChI=1S/C10H11NO3/c12-9-3-1-7(2-4-9)8-5-11-10(13)14-6-8/h1-4,8,12H,5-6H2,(H,11,13). The summed E-state index contributed by atoms with van der Waals surface area (Å²) in [5.41, 5.74) is 1.06. The van der Waals surface area contributed by atoms with Crippen LogP contribution in [0, 0.1) is 0 Å². The smallest absolute Gasteiger partial charge is 0.407 e. The van der Waals surface area contributed by atoms with Gasteiger partial charge in [0.2, 0.25) is 0 Å². The zero-order chi connectivity index (χ0) is 9.97. The van der Waals surface area contributed by atoms with Gasteiger partial charge in [0, 0.05) is 12.5 Å². The van der Waals surface area contributed by atoms with Gasteiger partial charge in [-0.15, -0.1) is 0 Å². The molecule has 2 rings (SSSR count). The highest BCUT2D eigenvalue weighted by Gasteiger charge is 2.20. The number of phenols is 1. The van der Waals surface area contributed by atoms with E-state index in [2.05, 4.69) is 5.32 Å². The summed E-state index contributed by atoms with van der Waals surface area (Å²) in [7, 11) is 0. The van der Waals surface area contributed by atoms with Gasteiger partial charge in [0.05, 0.1) is 0 Å². The van der Waals surface area contributed by atoms with Crippen LogP contribution >= 0.6 is 0 Å². The van der Waals surface area contributed by atoms with Crippen LogP contribution in [-0.4, -0.2) is 24.4 Å². The van der Waals surface area contributed by atoms with E-state index < -0.39 is 0 Å². The Labute approximate surface area is 81.5 Å². The fourth-order valence-corrected chi connectivity index (χ4v) is 1.45. The summed E-state index contributed by atoms with van der Waals surface area (Å²) >= 11 is 0. The predicted molar refractivity (Wildman–Crippen MR) is 50.2 cm³/mol. The van der Waals surface area contributed by atoms with Crippen LogP contribution in [0.25, 0.3) is 0 Å². The summed E-state index contributed by atoms with van der Waals surface area (Å²) < 4.78 is 4.86. The lowest BCUT2D eigenvalue weighted by molar-refractivity contribution is 0.120.